The van der Waals surface area contributed by atoms with Gasteiger partial charge in [0.05, 0.1) is 12.5 Å². The Morgan fingerprint density at radius 3 is 2.43 bits per heavy atom. The number of hydrogen-bond acceptors (Lipinski definition) is 4. The van der Waals surface area contributed by atoms with E-state index in [4.69, 9.17) is 10.8 Å². The Kier molecular flexibility index (Phi) is 11.7. The van der Waals surface area contributed by atoms with E-state index in [-0.39, 0.29) is 24.1 Å². The first-order valence-electron chi connectivity index (χ1n) is 7.87. The number of rotatable bonds is 12. The van der Waals surface area contributed by atoms with Crippen LogP contribution in [0.2, 0.25) is 0 Å². The molecular formula is C17H29NO4S. The maximum atomic E-state index is 12.0. The summed E-state index contributed by atoms with van der Waals surface area (Å²) in [4.78, 5) is 22.7. The lowest BCUT2D eigenvalue weighted by molar-refractivity contribution is -0.121. The zero-order chi connectivity index (χ0) is 17.8. The lowest BCUT2D eigenvalue weighted by Gasteiger charge is -2.14. The van der Waals surface area contributed by atoms with Gasteiger partial charge in [-0.2, -0.15) is 0 Å². The number of ketones is 1. The van der Waals surface area contributed by atoms with Gasteiger partial charge in [0.1, 0.15) is 17.3 Å². The van der Waals surface area contributed by atoms with Crippen molar-refractivity contribution >= 4 is 22.9 Å². The molecule has 0 rings (SSSR count). The zero-order valence-electron chi connectivity index (χ0n) is 14.3. The number of allylic oxidation sites excluding steroid dienone is 3. The number of aliphatic hydroxyl groups is 1. The summed E-state index contributed by atoms with van der Waals surface area (Å²) in [7, 11) is 0. The molecule has 2 unspecified atom stereocenters. The van der Waals surface area contributed by atoms with Crippen LogP contribution in [0.4, 0.5) is 0 Å². The van der Waals surface area contributed by atoms with Crippen LogP contribution in [-0.2, 0) is 20.8 Å². The predicted octanol–water partition coefficient (Wildman–Crippen LogP) is 1.87. The largest absolute Gasteiger partial charge is 0.616 e. The molecule has 0 aliphatic carbocycles. The van der Waals surface area contributed by atoms with Gasteiger partial charge in [0.2, 0.25) is 5.91 Å². The molecule has 0 aromatic carbocycles. The lowest BCUT2D eigenvalue weighted by atomic mass is 10.0. The molecule has 23 heavy (non-hydrogen) atoms. The summed E-state index contributed by atoms with van der Waals surface area (Å²) in [6.07, 6.45) is 6.21. The Bertz CT molecular complexity index is 446. The summed E-state index contributed by atoms with van der Waals surface area (Å²) in [5.41, 5.74) is 7.16. The smallest absolute Gasteiger partial charge is 0.241 e. The number of aliphatic hydroxyl groups excluding tert-OH is 1. The van der Waals surface area contributed by atoms with Crippen molar-refractivity contribution in [2.75, 3.05) is 18.1 Å². The average molecular weight is 343 g/mol. The summed E-state index contributed by atoms with van der Waals surface area (Å²) in [5, 5.41) is 8.72. The van der Waals surface area contributed by atoms with Gasteiger partial charge in [0, 0.05) is 12.5 Å². The summed E-state index contributed by atoms with van der Waals surface area (Å²) in [5.74, 6) is -0.0142. The molecule has 0 aliphatic rings. The maximum absolute atomic E-state index is 12.0. The molecular weight excluding hydrogens is 314 g/mol. The van der Waals surface area contributed by atoms with E-state index in [0.717, 1.165) is 24.0 Å². The van der Waals surface area contributed by atoms with Gasteiger partial charge in [-0.25, -0.2) is 0 Å². The van der Waals surface area contributed by atoms with Crippen LogP contribution in [-0.4, -0.2) is 39.5 Å². The van der Waals surface area contributed by atoms with Crippen LogP contribution in [0.25, 0.3) is 0 Å². The van der Waals surface area contributed by atoms with Crippen molar-refractivity contribution in [3.05, 3.63) is 23.3 Å². The summed E-state index contributed by atoms with van der Waals surface area (Å²) < 4.78 is 11.5. The van der Waals surface area contributed by atoms with Crippen molar-refractivity contribution in [1.29, 1.82) is 0 Å². The van der Waals surface area contributed by atoms with Crippen LogP contribution in [0.15, 0.2) is 23.3 Å². The average Bonchev–Trinajstić information content (AvgIpc) is 2.43. The molecule has 0 heterocycles. The molecule has 132 valence electrons. The van der Waals surface area contributed by atoms with Crippen LogP contribution in [0.1, 0.15) is 46.5 Å². The molecule has 0 saturated heterocycles. The number of nitrogens with two attached hydrogens (primary N) is 1. The number of carbonyl (C=O) groups excluding carboxylic acids is 2. The second-order valence-corrected chi connectivity index (χ2v) is 7.51. The van der Waals surface area contributed by atoms with Gasteiger partial charge >= 0.3 is 0 Å². The van der Waals surface area contributed by atoms with Crippen LogP contribution >= 0.6 is 0 Å². The van der Waals surface area contributed by atoms with Crippen molar-refractivity contribution < 1.29 is 19.2 Å². The second-order valence-electron chi connectivity index (χ2n) is 5.88. The van der Waals surface area contributed by atoms with Crippen molar-refractivity contribution in [3.63, 3.8) is 0 Å². The van der Waals surface area contributed by atoms with Crippen LogP contribution in [0.5, 0.6) is 0 Å². The SMILES string of the molecule is C/C(=C\C(N)=O)CC/C=C(\C)CCC(=O)C(C)C[S+]([O-])CCO. The Labute approximate surface area is 142 Å². The lowest BCUT2D eigenvalue weighted by Crippen LogP contribution is -2.24. The van der Waals surface area contributed by atoms with Gasteiger partial charge in [0.15, 0.2) is 0 Å². The Hall–Kier alpha value is -1.11. The third-order valence-corrected chi connectivity index (χ3v) is 5.00. The van der Waals surface area contributed by atoms with Crippen molar-refractivity contribution in [3.8, 4) is 0 Å². The molecule has 1 amide bonds. The number of primary amides is 1. The summed E-state index contributed by atoms with van der Waals surface area (Å²) >= 11 is -1.13. The first-order valence-corrected chi connectivity index (χ1v) is 9.35. The monoisotopic (exact) mass is 343 g/mol. The van der Waals surface area contributed by atoms with E-state index in [1.165, 1.54) is 6.08 Å². The Morgan fingerprint density at radius 2 is 1.87 bits per heavy atom. The highest BCUT2D eigenvalue weighted by molar-refractivity contribution is 7.91. The van der Waals surface area contributed by atoms with Crippen LogP contribution < -0.4 is 5.73 Å². The van der Waals surface area contributed by atoms with E-state index < -0.39 is 17.1 Å². The standard InChI is InChI=1S/C17H29NO4S/c1-13(5-4-6-14(2)11-17(18)21)7-8-16(20)15(3)12-23(22)10-9-19/h5,11,15,19H,4,6-10,12H2,1-3H3,(H2,18,21)/b13-5+,14-11+. The first kappa shape index (κ1) is 21.9. The van der Waals surface area contributed by atoms with E-state index in [9.17, 15) is 14.1 Å². The van der Waals surface area contributed by atoms with Crippen LogP contribution in [0, 0.1) is 5.92 Å². The highest BCUT2D eigenvalue weighted by Crippen LogP contribution is 2.13. The maximum Gasteiger partial charge on any atom is 0.241 e. The van der Waals surface area contributed by atoms with Crippen molar-refractivity contribution in [1.82, 2.24) is 0 Å². The number of Topliss-reactive ketones (excluding diaryl/α,β-unsaturated/α-hetero) is 1. The fourth-order valence-corrected chi connectivity index (χ4v) is 3.20. The first-order chi connectivity index (χ1) is 10.8. The van der Waals surface area contributed by atoms with Gasteiger partial charge in [-0.1, -0.05) is 35.3 Å². The molecule has 0 saturated carbocycles. The molecule has 6 heteroatoms. The minimum atomic E-state index is -1.13. The normalized spacial score (nSPS) is 15.3. The van der Waals surface area contributed by atoms with Gasteiger partial charge in [-0.05, 0) is 33.1 Å². The molecule has 0 aliphatic heterocycles. The molecule has 0 aromatic heterocycles. The van der Waals surface area contributed by atoms with Crippen molar-refractivity contribution in [2.24, 2.45) is 11.7 Å². The van der Waals surface area contributed by atoms with Gasteiger partial charge in [0.25, 0.3) is 0 Å². The number of carbonyl (C=O) groups is 2. The molecule has 3 N–H and O–H groups in total. The summed E-state index contributed by atoms with van der Waals surface area (Å²) in [6.45, 7) is 5.52. The number of hydrogen-bond donors (Lipinski definition) is 2. The molecule has 0 aromatic rings. The highest BCUT2D eigenvalue weighted by Gasteiger charge is 2.19. The fourth-order valence-electron chi connectivity index (χ4n) is 2.09. The molecule has 2 atom stereocenters. The Morgan fingerprint density at radius 1 is 1.22 bits per heavy atom. The topological polar surface area (TPSA) is 103 Å². The third kappa shape index (κ3) is 12.0. The minimum absolute atomic E-state index is 0.105. The van der Waals surface area contributed by atoms with E-state index in [1.807, 2.05) is 13.8 Å². The van der Waals surface area contributed by atoms with E-state index in [2.05, 4.69) is 6.08 Å². The van der Waals surface area contributed by atoms with Gasteiger partial charge in [-0.15, -0.1) is 0 Å². The van der Waals surface area contributed by atoms with E-state index in [0.29, 0.717) is 18.6 Å². The molecule has 0 radical (unpaired) electrons. The van der Waals surface area contributed by atoms with Gasteiger partial charge < -0.3 is 15.4 Å². The molecule has 0 spiro atoms. The molecule has 0 bridgehead atoms. The predicted molar refractivity (Wildman–Crippen MR) is 94.3 cm³/mol. The highest BCUT2D eigenvalue weighted by atomic mass is 32.2. The van der Waals surface area contributed by atoms with E-state index in [1.54, 1.807) is 6.92 Å². The third-order valence-electron chi connectivity index (χ3n) is 3.49. The zero-order valence-corrected chi connectivity index (χ0v) is 15.2. The van der Waals surface area contributed by atoms with Gasteiger partial charge in [-0.3, -0.25) is 9.59 Å². The second kappa shape index (κ2) is 12.3. The van der Waals surface area contributed by atoms with Crippen molar-refractivity contribution in [2.45, 2.75) is 46.5 Å². The van der Waals surface area contributed by atoms with Crippen LogP contribution in [0.3, 0.4) is 0 Å². The molecule has 0 fully saturated rings. The number of amides is 1. The summed E-state index contributed by atoms with van der Waals surface area (Å²) in [6, 6.07) is 0. The quantitative estimate of drug-likeness (QED) is 0.321. The molecule has 5 nitrogen and oxygen atoms in total. The fraction of sp³-hybridized carbons (Fsp3) is 0.647. The minimum Gasteiger partial charge on any atom is -0.616 e. The van der Waals surface area contributed by atoms with E-state index >= 15 is 0 Å². The Balaban J connectivity index is 4.11.